The van der Waals surface area contributed by atoms with Crippen molar-refractivity contribution in [2.45, 2.75) is 58.5 Å². The molecule has 23 heavy (non-hydrogen) atoms. The minimum absolute atomic E-state index is 0.0247. The number of aliphatic hydroxyl groups excluding tert-OH is 1. The second kappa shape index (κ2) is 7.10. The summed E-state index contributed by atoms with van der Waals surface area (Å²) in [6.45, 7) is 4.63. The van der Waals surface area contributed by atoms with Crippen LogP contribution in [-0.4, -0.2) is 31.1 Å². The zero-order valence-electron chi connectivity index (χ0n) is 14.7. The predicted molar refractivity (Wildman–Crippen MR) is 87.5 cm³/mol. The molecule has 1 N–H and O–H groups in total. The van der Waals surface area contributed by atoms with Gasteiger partial charge in [-0.05, 0) is 60.7 Å². The van der Waals surface area contributed by atoms with Gasteiger partial charge in [0.25, 0.3) is 0 Å². The molecule has 8 unspecified atom stereocenters. The maximum atomic E-state index is 11.8. The van der Waals surface area contributed by atoms with Crippen molar-refractivity contribution in [3.05, 3.63) is 0 Å². The fourth-order valence-corrected chi connectivity index (χ4v) is 6.39. The highest BCUT2D eigenvalue weighted by Gasteiger charge is 2.60. The third-order valence-corrected chi connectivity index (χ3v) is 7.13. The van der Waals surface area contributed by atoms with Crippen molar-refractivity contribution in [1.82, 2.24) is 0 Å². The van der Waals surface area contributed by atoms with Crippen LogP contribution < -0.4 is 0 Å². The molecule has 3 fully saturated rings. The van der Waals surface area contributed by atoms with Gasteiger partial charge in [-0.25, -0.2) is 0 Å². The Labute approximate surface area is 139 Å². The molecule has 0 aromatic heterocycles. The molecule has 3 aliphatic rings. The van der Waals surface area contributed by atoms with E-state index in [4.69, 9.17) is 9.47 Å². The van der Waals surface area contributed by atoms with Gasteiger partial charge in [-0.1, -0.05) is 26.7 Å². The number of rotatable bonds is 7. The molecule has 0 heterocycles. The average molecular weight is 324 g/mol. The Morgan fingerprint density at radius 3 is 2.48 bits per heavy atom. The van der Waals surface area contributed by atoms with Crippen LogP contribution in [-0.2, 0) is 14.3 Å². The van der Waals surface area contributed by atoms with Gasteiger partial charge in [-0.2, -0.15) is 0 Å². The smallest absolute Gasteiger partial charge is 0.310 e. The highest BCUT2D eigenvalue weighted by atomic mass is 16.7. The van der Waals surface area contributed by atoms with E-state index in [1.807, 2.05) is 0 Å². The van der Waals surface area contributed by atoms with Crippen molar-refractivity contribution < 1.29 is 19.4 Å². The molecule has 0 spiro atoms. The number of fused-ring (bicyclic) bond motifs is 5. The number of carbonyl (C=O) groups is 1. The molecule has 0 radical (unpaired) electrons. The Balaban J connectivity index is 1.63. The van der Waals surface area contributed by atoms with Crippen LogP contribution in [0.15, 0.2) is 0 Å². The number of hydrogen-bond acceptors (Lipinski definition) is 4. The SMILES string of the molecule is CCC1CC(CC)C2C3CC(CC3C(O)CC(=O)OCOC)C12. The van der Waals surface area contributed by atoms with E-state index in [0.29, 0.717) is 11.8 Å². The first-order valence-corrected chi connectivity index (χ1v) is 9.43. The summed E-state index contributed by atoms with van der Waals surface area (Å²) in [6, 6.07) is 0. The normalized spacial score (nSPS) is 42.7. The molecule has 3 aliphatic carbocycles. The summed E-state index contributed by atoms with van der Waals surface area (Å²) in [5, 5.41) is 10.6. The highest BCUT2D eigenvalue weighted by molar-refractivity contribution is 5.69. The molecule has 0 amide bonds. The van der Waals surface area contributed by atoms with E-state index in [0.717, 1.165) is 36.0 Å². The summed E-state index contributed by atoms with van der Waals surface area (Å²) < 4.78 is 9.70. The molecule has 3 saturated carbocycles. The molecule has 0 aromatic carbocycles. The van der Waals surface area contributed by atoms with Crippen LogP contribution in [0.1, 0.15) is 52.4 Å². The van der Waals surface area contributed by atoms with E-state index >= 15 is 0 Å². The van der Waals surface area contributed by atoms with E-state index in [1.165, 1.54) is 32.8 Å². The number of ether oxygens (including phenoxy) is 2. The molecule has 4 heteroatoms. The summed E-state index contributed by atoms with van der Waals surface area (Å²) in [6.07, 6.45) is 5.90. The standard InChI is InChI=1S/C19H32O4/c1-4-11-6-12(5-2)19-15-8-13(18(11)19)7-14(15)16(20)9-17(21)23-10-22-3/h11-16,18-20H,4-10H2,1-3H3. The molecular formula is C19H32O4. The van der Waals surface area contributed by atoms with Gasteiger partial charge in [0.1, 0.15) is 0 Å². The minimum atomic E-state index is -0.548. The fourth-order valence-electron chi connectivity index (χ4n) is 6.39. The van der Waals surface area contributed by atoms with Crippen molar-refractivity contribution in [2.24, 2.45) is 41.4 Å². The summed E-state index contributed by atoms with van der Waals surface area (Å²) >= 11 is 0. The molecule has 0 saturated heterocycles. The monoisotopic (exact) mass is 324 g/mol. The van der Waals surface area contributed by atoms with E-state index in [2.05, 4.69) is 13.8 Å². The van der Waals surface area contributed by atoms with Crippen LogP contribution in [0.3, 0.4) is 0 Å². The molecule has 4 nitrogen and oxygen atoms in total. The lowest BCUT2D eigenvalue weighted by atomic mass is 9.69. The zero-order chi connectivity index (χ0) is 16.6. The van der Waals surface area contributed by atoms with Crippen molar-refractivity contribution >= 4 is 5.97 Å². The number of esters is 1. The lowest BCUT2D eigenvalue weighted by molar-refractivity contribution is -0.157. The number of aliphatic hydroxyl groups is 1. The number of carbonyl (C=O) groups excluding carboxylic acids is 1. The Kier molecular flexibility index (Phi) is 5.32. The number of methoxy groups -OCH3 is 1. The van der Waals surface area contributed by atoms with Crippen LogP contribution in [0.25, 0.3) is 0 Å². The van der Waals surface area contributed by atoms with Crippen LogP contribution in [0.5, 0.6) is 0 Å². The highest BCUT2D eigenvalue weighted by Crippen LogP contribution is 2.66. The number of hydrogen-bond donors (Lipinski definition) is 1. The van der Waals surface area contributed by atoms with Crippen LogP contribution >= 0.6 is 0 Å². The van der Waals surface area contributed by atoms with Gasteiger partial charge in [0.2, 0.25) is 0 Å². The zero-order valence-corrected chi connectivity index (χ0v) is 14.7. The van der Waals surface area contributed by atoms with Gasteiger partial charge in [0, 0.05) is 7.11 Å². The van der Waals surface area contributed by atoms with Gasteiger partial charge >= 0.3 is 5.97 Å². The summed E-state index contributed by atoms with van der Waals surface area (Å²) in [7, 11) is 1.49. The van der Waals surface area contributed by atoms with Gasteiger partial charge in [0.15, 0.2) is 6.79 Å². The maximum absolute atomic E-state index is 11.8. The van der Waals surface area contributed by atoms with Gasteiger partial charge in [-0.15, -0.1) is 0 Å². The topological polar surface area (TPSA) is 55.8 Å². The van der Waals surface area contributed by atoms with Gasteiger partial charge in [-0.3, -0.25) is 4.79 Å². The first-order valence-electron chi connectivity index (χ1n) is 9.43. The molecule has 0 aliphatic heterocycles. The second-order valence-electron chi connectivity index (χ2n) is 7.98. The average Bonchev–Trinajstić information content (AvgIpc) is 3.22. The Morgan fingerprint density at radius 1 is 1.13 bits per heavy atom. The third-order valence-electron chi connectivity index (χ3n) is 7.13. The Morgan fingerprint density at radius 2 is 1.83 bits per heavy atom. The fraction of sp³-hybridized carbons (Fsp3) is 0.947. The summed E-state index contributed by atoms with van der Waals surface area (Å²) in [4.78, 5) is 11.8. The first kappa shape index (κ1) is 17.2. The lowest BCUT2D eigenvalue weighted by Crippen LogP contribution is -2.36. The van der Waals surface area contributed by atoms with Crippen molar-refractivity contribution in [1.29, 1.82) is 0 Å². The molecule has 2 bridgehead atoms. The molecule has 0 aromatic rings. The summed E-state index contributed by atoms with van der Waals surface area (Å²) in [5.74, 6) is 4.75. The Bertz CT molecular complexity index is 424. The molecule has 3 rings (SSSR count). The van der Waals surface area contributed by atoms with E-state index in [-0.39, 0.29) is 19.2 Å². The van der Waals surface area contributed by atoms with Crippen LogP contribution in [0, 0.1) is 41.4 Å². The second-order valence-corrected chi connectivity index (χ2v) is 7.98. The van der Waals surface area contributed by atoms with Gasteiger partial charge < -0.3 is 14.6 Å². The first-order chi connectivity index (χ1) is 11.1. The van der Waals surface area contributed by atoms with E-state index in [9.17, 15) is 9.90 Å². The molecule has 132 valence electrons. The third kappa shape index (κ3) is 3.05. The lowest BCUT2D eigenvalue weighted by Gasteiger charge is -2.37. The van der Waals surface area contributed by atoms with Crippen LogP contribution in [0.4, 0.5) is 0 Å². The Hall–Kier alpha value is -0.610. The van der Waals surface area contributed by atoms with Crippen LogP contribution in [0.2, 0.25) is 0 Å². The maximum Gasteiger partial charge on any atom is 0.310 e. The van der Waals surface area contributed by atoms with Gasteiger partial charge in [0.05, 0.1) is 12.5 Å². The molecule has 8 atom stereocenters. The van der Waals surface area contributed by atoms with Crippen molar-refractivity contribution in [3.63, 3.8) is 0 Å². The summed E-state index contributed by atoms with van der Waals surface area (Å²) in [5.41, 5.74) is 0. The van der Waals surface area contributed by atoms with Crippen molar-refractivity contribution in [2.75, 3.05) is 13.9 Å². The predicted octanol–water partition coefficient (Wildman–Crippen LogP) is 3.23. The molecular weight excluding hydrogens is 292 g/mol. The van der Waals surface area contributed by atoms with E-state index in [1.54, 1.807) is 0 Å². The quantitative estimate of drug-likeness (QED) is 0.577. The van der Waals surface area contributed by atoms with Crippen molar-refractivity contribution in [3.8, 4) is 0 Å². The largest absolute Gasteiger partial charge is 0.438 e. The minimum Gasteiger partial charge on any atom is -0.438 e. The van der Waals surface area contributed by atoms with E-state index < -0.39 is 6.10 Å².